The van der Waals surface area contributed by atoms with E-state index < -0.39 is 28.7 Å². The quantitative estimate of drug-likeness (QED) is 0.766. The van der Waals surface area contributed by atoms with Crippen LogP contribution in [0.3, 0.4) is 0 Å². The minimum absolute atomic E-state index is 0.0268. The Bertz CT molecular complexity index is 415. The molecule has 7 nitrogen and oxygen atoms in total. The minimum Gasteiger partial charge on any atom is -0.481 e. The van der Waals surface area contributed by atoms with Crippen LogP contribution in [0.15, 0.2) is 0 Å². The second-order valence-electron chi connectivity index (χ2n) is 6.56. The van der Waals surface area contributed by atoms with E-state index in [0.717, 1.165) is 0 Å². The van der Waals surface area contributed by atoms with Crippen LogP contribution in [0.25, 0.3) is 0 Å². The van der Waals surface area contributed by atoms with Crippen molar-refractivity contribution in [1.82, 2.24) is 4.90 Å². The van der Waals surface area contributed by atoms with Gasteiger partial charge in [0.2, 0.25) is 0 Å². The summed E-state index contributed by atoms with van der Waals surface area (Å²) in [7, 11) is 0. The molecule has 2 rings (SSSR count). The molecule has 0 aromatic rings. The monoisotopic (exact) mass is 287 g/mol. The summed E-state index contributed by atoms with van der Waals surface area (Å²) >= 11 is 0. The van der Waals surface area contributed by atoms with Gasteiger partial charge in [-0.25, -0.2) is 4.79 Å². The number of carboxylic acid groups (broad SMARTS) is 1. The van der Waals surface area contributed by atoms with Crippen LogP contribution >= 0.6 is 0 Å². The molecule has 2 aliphatic rings. The standard InChI is InChI=1S/C13H21NO6/c1-11(2,3)20-10(17)14-6-13(18,7-14)12(9(15)16)4-5-19-8-12/h18H,4-8H2,1-3H3,(H,15,16). The van der Waals surface area contributed by atoms with Gasteiger partial charge < -0.3 is 24.6 Å². The number of carbonyl (C=O) groups is 2. The molecule has 1 atom stereocenters. The number of aliphatic carboxylic acids is 1. The average molecular weight is 287 g/mol. The van der Waals surface area contributed by atoms with E-state index in [9.17, 15) is 19.8 Å². The molecule has 0 radical (unpaired) electrons. The number of aliphatic hydroxyl groups is 1. The Morgan fingerprint density at radius 1 is 1.30 bits per heavy atom. The first-order chi connectivity index (χ1) is 9.10. The van der Waals surface area contributed by atoms with Gasteiger partial charge in [-0.3, -0.25) is 4.79 Å². The van der Waals surface area contributed by atoms with Crippen molar-refractivity contribution >= 4 is 12.1 Å². The van der Waals surface area contributed by atoms with Crippen LogP contribution in [0.4, 0.5) is 4.79 Å². The number of carboxylic acids is 1. The molecule has 2 aliphatic heterocycles. The maximum Gasteiger partial charge on any atom is 0.410 e. The number of carbonyl (C=O) groups excluding carboxylic acids is 1. The summed E-state index contributed by atoms with van der Waals surface area (Å²) in [6, 6.07) is 0. The first kappa shape index (κ1) is 15.1. The van der Waals surface area contributed by atoms with Crippen molar-refractivity contribution in [2.24, 2.45) is 5.41 Å². The van der Waals surface area contributed by atoms with E-state index in [1.807, 2.05) is 0 Å². The zero-order chi connectivity index (χ0) is 15.2. The van der Waals surface area contributed by atoms with Gasteiger partial charge in [0.25, 0.3) is 0 Å². The van der Waals surface area contributed by atoms with Gasteiger partial charge in [-0.05, 0) is 27.2 Å². The van der Waals surface area contributed by atoms with Crippen molar-refractivity contribution in [1.29, 1.82) is 0 Å². The van der Waals surface area contributed by atoms with Gasteiger partial charge in [0.05, 0.1) is 19.7 Å². The summed E-state index contributed by atoms with van der Waals surface area (Å²) in [5.41, 5.74) is -3.40. The maximum absolute atomic E-state index is 11.8. The number of rotatable bonds is 2. The molecule has 1 unspecified atom stereocenters. The molecular weight excluding hydrogens is 266 g/mol. The SMILES string of the molecule is CC(C)(C)OC(=O)N1CC(O)(C2(C(=O)O)CCOC2)C1. The van der Waals surface area contributed by atoms with Crippen LogP contribution in [-0.4, -0.2) is 64.7 Å². The molecule has 0 spiro atoms. The lowest BCUT2D eigenvalue weighted by Crippen LogP contribution is -2.73. The van der Waals surface area contributed by atoms with E-state index in [-0.39, 0.29) is 26.1 Å². The highest BCUT2D eigenvalue weighted by Gasteiger charge is 2.64. The van der Waals surface area contributed by atoms with Crippen molar-refractivity contribution < 1.29 is 29.3 Å². The predicted octanol–water partition coefficient (Wildman–Crippen LogP) is 0.460. The lowest BCUT2D eigenvalue weighted by atomic mass is 9.67. The third kappa shape index (κ3) is 2.35. The summed E-state index contributed by atoms with van der Waals surface area (Å²) < 4.78 is 10.3. The molecule has 2 saturated heterocycles. The van der Waals surface area contributed by atoms with Gasteiger partial charge in [0.1, 0.15) is 16.6 Å². The lowest BCUT2D eigenvalue weighted by Gasteiger charge is -2.53. The van der Waals surface area contributed by atoms with Gasteiger partial charge in [-0.1, -0.05) is 0 Å². The topological polar surface area (TPSA) is 96.3 Å². The zero-order valence-electron chi connectivity index (χ0n) is 12.0. The van der Waals surface area contributed by atoms with Crippen LogP contribution in [0.2, 0.25) is 0 Å². The molecule has 2 heterocycles. The van der Waals surface area contributed by atoms with E-state index in [0.29, 0.717) is 6.61 Å². The molecule has 0 aliphatic carbocycles. The Hall–Kier alpha value is -1.34. The molecule has 20 heavy (non-hydrogen) atoms. The number of hydrogen-bond donors (Lipinski definition) is 2. The molecule has 0 saturated carbocycles. The molecule has 1 amide bonds. The molecule has 0 aromatic heterocycles. The fourth-order valence-corrected chi connectivity index (χ4v) is 2.64. The maximum atomic E-state index is 11.8. The van der Waals surface area contributed by atoms with Crippen molar-refractivity contribution in [3.05, 3.63) is 0 Å². The molecule has 2 N–H and O–H groups in total. The number of amides is 1. The first-order valence-corrected chi connectivity index (χ1v) is 6.61. The summed E-state index contributed by atoms with van der Waals surface area (Å²) in [5.74, 6) is -1.08. The van der Waals surface area contributed by atoms with Gasteiger partial charge >= 0.3 is 12.1 Å². The van der Waals surface area contributed by atoms with Crippen molar-refractivity contribution in [3.63, 3.8) is 0 Å². The number of nitrogens with zero attached hydrogens (tertiary/aromatic N) is 1. The largest absolute Gasteiger partial charge is 0.481 e. The van der Waals surface area contributed by atoms with Gasteiger partial charge in [-0.15, -0.1) is 0 Å². The number of likely N-dealkylation sites (tertiary alicyclic amines) is 1. The molecule has 0 bridgehead atoms. The van der Waals surface area contributed by atoms with Gasteiger partial charge in [-0.2, -0.15) is 0 Å². The highest BCUT2D eigenvalue weighted by Crippen LogP contribution is 2.45. The molecule has 0 aromatic carbocycles. The highest BCUT2D eigenvalue weighted by molar-refractivity contribution is 5.79. The third-order valence-electron chi connectivity index (χ3n) is 3.88. The Kier molecular flexibility index (Phi) is 3.46. The van der Waals surface area contributed by atoms with E-state index >= 15 is 0 Å². The minimum atomic E-state index is -1.45. The Labute approximate surface area is 117 Å². The molecule has 114 valence electrons. The Balaban J connectivity index is 2.03. The number of β-amino-alcohol motifs (C(OH)–C–C–N with tert-alkyl or cyclic N) is 1. The van der Waals surface area contributed by atoms with Crippen LogP contribution in [-0.2, 0) is 14.3 Å². The summed E-state index contributed by atoms with van der Waals surface area (Å²) in [5, 5.41) is 19.9. The van der Waals surface area contributed by atoms with Crippen molar-refractivity contribution in [2.45, 2.75) is 38.4 Å². The molecule has 7 heteroatoms. The summed E-state index contributed by atoms with van der Waals surface area (Å²) in [6.45, 7) is 5.44. The summed E-state index contributed by atoms with van der Waals surface area (Å²) in [4.78, 5) is 24.6. The van der Waals surface area contributed by atoms with E-state index in [1.165, 1.54) is 4.90 Å². The van der Waals surface area contributed by atoms with Crippen LogP contribution in [0.5, 0.6) is 0 Å². The van der Waals surface area contributed by atoms with E-state index in [4.69, 9.17) is 9.47 Å². The van der Waals surface area contributed by atoms with Crippen molar-refractivity contribution in [3.8, 4) is 0 Å². The van der Waals surface area contributed by atoms with Crippen LogP contribution < -0.4 is 0 Å². The molecule has 2 fully saturated rings. The highest BCUT2D eigenvalue weighted by atomic mass is 16.6. The third-order valence-corrected chi connectivity index (χ3v) is 3.88. The fourth-order valence-electron chi connectivity index (χ4n) is 2.64. The Morgan fingerprint density at radius 3 is 2.30 bits per heavy atom. The number of ether oxygens (including phenoxy) is 2. The van der Waals surface area contributed by atoms with Crippen LogP contribution in [0, 0.1) is 5.41 Å². The van der Waals surface area contributed by atoms with Crippen LogP contribution in [0.1, 0.15) is 27.2 Å². The zero-order valence-corrected chi connectivity index (χ0v) is 12.0. The average Bonchev–Trinajstić information content (AvgIpc) is 2.72. The van der Waals surface area contributed by atoms with E-state index in [1.54, 1.807) is 20.8 Å². The normalized spacial score (nSPS) is 28.9. The Morgan fingerprint density at radius 2 is 1.90 bits per heavy atom. The number of hydrogen-bond acceptors (Lipinski definition) is 5. The second kappa shape index (κ2) is 4.60. The second-order valence-corrected chi connectivity index (χ2v) is 6.56. The predicted molar refractivity (Wildman–Crippen MR) is 68.3 cm³/mol. The smallest absolute Gasteiger partial charge is 0.410 e. The lowest BCUT2D eigenvalue weighted by molar-refractivity contribution is -0.197. The van der Waals surface area contributed by atoms with Crippen molar-refractivity contribution in [2.75, 3.05) is 26.3 Å². The molecular formula is C13H21NO6. The fraction of sp³-hybridized carbons (Fsp3) is 0.846. The van der Waals surface area contributed by atoms with Gasteiger partial charge in [0, 0.05) is 6.61 Å². The van der Waals surface area contributed by atoms with E-state index in [2.05, 4.69) is 0 Å². The summed E-state index contributed by atoms with van der Waals surface area (Å²) in [6.07, 6.45) is -0.289. The first-order valence-electron chi connectivity index (χ1n) is 6.61. The van der Waals surface area contributed by atoms with Gasteiger partial charge in [0.15, 0.2) is 0 Å².